The SMILES string of the molecule is CCCCCCCCCCCC/C=C/O. The van der Waals surface area contributed by atoms with Gasteiger partial charge in [0.15, 0.2) is 0 Å². The first-order valence-electron chi connectivity index (χ1n) is 6.71. The van der Waals surface area contributed by atoms with E-state index in [1.165, 1.54) is 64.2 Å². The first-order valence-corrected chi connectivity index (χ1v) is 6.71. The normalized spacial score (nSPS) is 11.3. The van der Waals surface area contributed by atoms with Crippen LogP contribution < -0.4 is 0 Å². The Morgan fingerprint density at radius 3 is 1.67 bits per heavy atom. The topological polar surface area (TPSA) is 20.2 Å². The van der Waals surface area contributed by atoms with E-state index < -0.39 is 0 Å². The molecule has 0 spiro atoms. The standard InChI is InChI=1S/C14H28O/c1-2-3-4-5-6-7-8-9-10-11-12-13-14-15/h13-15H,2-12H2,1H3/b14-13+. The van der Waals surface area contributed by atoms with Gasteiger partial charge < -0.3 is 5.11 Å². The second-order valence-corrected chi connectivity index (χ2v) is 4.36. The highest BCUT2D eigenvalue weighted by Crippen LogP contribution is 2.11. The van der Waals surface area contributed by atoms with Crippen molar-refractivity contribution in [1.29, 1.82) is 0 Å². The van der Waals surface area contributed by atoms with E-state index in [0.717, 1.165) is 12.7 Å². The highest BCUT2D eigenvalue weighted by atomic mass is 16.2. The highest BCUT2D eigenvalue weighted by Gasteiger charge is 1.91. The molecular formula is C14H28O. The maximum atomic E-state index is 8.43. The van der Waals surface area contributed by atoms with Gasteiger partial charge in [0.1, 0.15) is 0 Å². The van der Waals surface area contributed by atoms with Gasteiger partial charge in [-0.3, -0.25) is 0 Å². The van der Waals surface area contributed by atoms with Crippen LogP contribution in [0.25, 0.3) is 0 Å². The summed E-state index contributed by atoms with van der Waals surface area (Å²) in [5.41, 5.74) is 0. The van der Waals surface area contributed by atoms with Crippen molar-refractivity contribution in [3.05, 3.63) is 12.3 Å². The second kappa shape index (κ2) is 13.5. The van der Waals surface area contributed by atoms with E-state index in [4.69, 9.17) is 5.11 Å². The van der Waals surface area contributed by atoms with Crippen LogP contribution in [0, 0.1) is 0 Å². The number of hydrogen-bond acceptors (Lipinski definition) is 1. The van der Waals surface area contributed by atoms with Crippen molar-refractivity contribution >= 4 is 0 Å². The minimum atomic E-state index is 1.03. The average Bonchev–Trinajstić information content (AvgIpc) is 2.26. The van der Waals surface area contributed by atoms with Crippen LogP contribution in [0.4, 0.5) is 0 Å². The zero-order valence-corrected chi connectivity index (χ0v) is 10.4. The molecule has 1 nitrogen and oxygen atoms in total. The van der Waals surface area contributed by atoms with Crippen molar-refractivity contribution in [3.8, 4) is 0 Å². The third kappa shape index (κ3) is 13.5. The molecule has 0 radical (unpaired) electrons. The molecule has 1 heteroatoms. The van der Waals surface area contributed by atoms with Crippen LogP contribution in [0.15, 0.2) is 12.3 Å². The number of aliphatic hydroxyl groups is 1. The third-order valence-corrected chi connectivity index (χ3v) is 2.83. The molecule has 0 aliphatic heterocycles. The molecule has 0 aromatic rings. The van der Waals surface area contributed by atoms with E-state index in [-0.39, 0.29) is 0 Å². The third-order valence-electron chi connectivity index (χ3n) is 2.83. The maximum absolute atomic E-state index is 8.43. The minimum Gasteiger partial charge on any atom is -0.516 e. The lowest BCUT2D eigenvalue weighted by molar-refractivity contribution is 0.469. The van der Waals surface area contributed by atoms with Crippen LogP contribution in [0.3, 0.4) is 0 Å². The summed E-state index contributed by atoms with van der Waals surface area (Å²) in [6.45, 7) is 2.26. The molecular weight excluding hydrogens is 184 g/mol. The van der Waals surface area contributed by atoms with Crippen LogP contribution in [0.2, 0.25) is 0 Å². The Morgan fingerprint density at radius 2 is 1.20 bits per heavy atom. The molecule has 90 valence electrons. The predicted molar refractivity (Wildman–Crippen MR) is 68.2 cm³/mol. The Hall–Kier alpha value is -0.460. The van der Waals surface area contributed by atoms with E-state index in [9.17, 15) is 0 Å². The fourth-order valence-electron chi connectivity index (χ4n) is 1.82. The van der Waals surface area contributed by atoms with Gasteiger partial charge in [-0.25, -0.2) is 0 Å². The molecule has 0 saturated heterocycles. The van der Waals surface area contributed by atoms with Gasteiger partial charge in [-0.2, -0.15) is 0 Å². The summed E-state index contributed by atoms with van der Waals surface area (Å²) in [4.78, 5) is 0. The Kier molecular flexibility index (Phi) is 13.1. The van der Waals surface area contributed by atoms with Gasteiger partial charge in [0, 0.05) is 0 Å². The zero-order chi connectivity index (χ0) is 11.2. The van der Waals surface area contributed by atoms with Crippen LogP contribution in [0.5, 0.6) is 0 Å². The van der Waals surface area contributed by atoms with Gasteiger partial charge in [0.25, 0.3) is 0 Å². The molecule has 0 atom stereocenters. The lowest BCUT2D eigenvalue weighted by Crippen LogP contribution is -1.81. The Bertz CT molecular complexity index is 129. The summed E-state index contributed by atoms with van der Waals surface area (Å²) in [6.07, 6.45) is 17.8. The van der Waals surface area contributed by atoms with Crippen molar-refractivity contribution < 1.29 is 5.11 Å². The maximum Gasteiger partial charge on any atom is 0.0751 e. The van der Waals surface area contributed by atoms with E-state index in [1.54, 1.807) is 0 Å². The highest BCUT2D eigenvalue weighted by molar-refractivity contribution is 4.70. The zero-order valence-electron chi connectivity index (χ0n) is 10.4. The van der Waals surface area contributed by atoms with Crippen molar-refractivity contribution in [2.24, 2.45) is 0 Å². The molecule has 0 fully saturated rings. The number of rotatable bonds is 11. The molecule has 0 unspecified atom stereocenters. The van der Waals surface area contributed by atoms with Gasteiger partial charge in [0.2, 0.25) is 0 Å². The van der Waals surface area contributed by atoms with Crippen molar-refractivity contribution in [1.82, 2.24) is 0 Å². The monoisotopic (exact) mass is 212 g/mol. The average molecular weight is 212 g/mol. The summed E-state index contributed by atoms with van der Waals surface area (Å²) in [6, 6.07) is 0. The van der Waals surface area contributed by atoms with E-state index in [1.807, 2.05) is 6.08 Å². The summed E-state index contributed by atoms with van der Waals surface area (Å²) in [7, 11) is 0. The first-order chi connectivity index (χ1) is 7.41. The van der Waals surface area contributed by atoms with Gasteiger partial charge >= 0.3 is 0 Å². The van der Waals surface area contributed by atoms with Crippen molar-refractivity contribution in [2.75, 3.05) is 0 Å². The van der Waals surface area contributed by atoms with E-state index >= 15 is 0 Å². The minimum absolute atomic E-state index is 1.03. The van der Waals surface area contributed by atoms with E-state index in [0.29, 0.717) is 0 Å². The summed E-state index contributed by atoms with van der Waals surface area (Å²) < 4.78 is 0. The summed E-state index contributed by atoms with van der Waals surface area (Å²) in [5.74, 6) is 0. The molecule has 0 saturated carbocycles. The van der Waals surface area contributed by atoms with Crippen molar-refractivity contribution in [3.63, 3.8) is 0 Å². The Morgan fingerprint density at radius 1 is 0.733 bits per heavy atom. The summed E-state index contributed by atoms with van der Waals surface area (Å²) >= 11 is 0. The Balaban J connectivity index is 2.86. The largest absolute Gasteiger partial charge is 0.516 e. The summed E-state index contributed by atoms with van der Waals surface area (Å²) in [5, 5.41) is 8.43. The quantitative estimate of drug-likeness (QED) is 0.360. The molecule has 0 heterocycles. The molecule has 0 aliphatic rings. The number of hydrogen-bond donors (Lipinski definition) is 1. The molecule has 15 heavy (non-hydrogen) atoms. The van der Waals surface area contributed by atoms with Crippen LogP contribution in [-0.2, 0) is 0 Å². The van der Waals surface area contributed by atoms with Crippen LogP contribution in [0.1, 0.15) is 77.6 Å². The molecule has 0 rings (SSSR count). The first kappa shape index (κ1) is 14.5. The molecule has 0 aliphatic carbocycles. The molecule has 0 amide bonds. The molecule has 1 N–H and O–H groups in total. The fraction of sp³-hybridized carbons (Fsp3) is 0.857. The van der Waals surface area contributed by atoms with Crippen molar-refractivity contribution in [2.45, 2.75) is 77.6 Å². The second-order valence-electron chi connectivity index (χ2n) is 4.36. The van der Waals surface area contributed by atoms with Gasteiger partial charge in [-0.05, 0) is 12.8 Å². The number of allylic oxidation sites excluding steroid dienone is 1. The predicted octanol–water partition coefficient (Wildman–Crippen LogP) is 5.37. The number of unbranched alkanes of at least 4 members (excludes halogenated alkanes) is 10. The molecule has 0 bridgehead atoms. The van der Waals surface area contributed by atoms with Crippen LogP contribution >= 0.6 is 0 Å². The molecule has 0 aromatic heterocycles. The fourth-order valence-corrected chi connectivity index (χ4v) is 1.82. The lowest BCUT2D eigenvalue weighted by atomic mass is 10.1. The van der Waals surface area contributed by atoms with Crippen LogP contribution in [-0.4, -0.2) is 5.11 Å². The van der Waals surface area contributed by atoms with Gasteiger partial charge in [-0.1, -0.05) is 70.8 Å². The Labute approximate surface area is 95.6 Å². The smallest absolute Gasteiger partial charge is 0.0751 e. The van der Waals surface area contributed by atoms with E-state index in [2.05, 4.69) is 6.92 Å². The lowest BCUT2D eigenvalue weighted by Gasteiger charge is -2.00. The van der Waals surface area contributed by atoms with Gasteiger partial charge in [-0.15, -0.1) is 0 Å². The number of aliphatic hydroxyl groups excluding tert-OH is 1. The van der Waals surface area contributed by atoms with Gasteiger partial charge in [0.05, 0.1) is 6.26 Å². The molecule has 0 aromatic carbocycles.